The molecule has 128 valence electrons. The zero-order valence-corrected chi connectivity index (χ0v) is 14.9. The van der Waals surface area contributed by atoms with Gasteiger partial charge in [0.15, 0.2) is 0 Å². The van der Waals surface area contributed by atoms with Crippen LogP contribution in [-0.2, 0) is 19.8 Å². The van der Waals surface area contributed by atoms with Crippen LogP contribution in [0, 0.1) is 5.53 Å². The van der Waals surface area contributed by atoms with Crippen LogP contribution in [0.3, 0.4) is 0 Å². The molecule has 1 N–H and O–H groups in total. The Bertz CT molecular complexity index is 679. The van der Waals surface area contributed by atoms with Gasteiger partial charge in [0.05, 0.1) is 19.4 Å². The second-order valence-corrected chi connectivity index (χ2v) is 7.34. The van der Waals surface area contributed by atoms with Gasteiger partial charge in [0.2, 0.25) is 0 Å². The third kappa shape index (κ3) is 4.84. The Labute approximate surface area is 143 Å². The third-order valence-corrected chi connectivity index (χ3v) is 5.62. The summed E-state index contributed by atoms with van der Waals surface area (Å²) in [5.74, 6) is 0. The molecule has 0 spiro atoms. The summed E-state index contributed by atoms with van der Waals surface area (Å²) in [6, 6.07) is 17.0. The molecule has 0 saturated carbocycles. The Morgan fingerprint density at radius 1 is 0.958 bits per heavy atom. The molecule has 0 aliphatic carbocycles. The quantitative estimate of drug-likeness (QED) is 0.476. The van der Waals surface area contributed by atoms with Gasteiger partial charge in [-0.25, -0.2) is 5.53 Å². The molecule has 0 saturated heterocycles. The Balaban J connectivity index is 2.17. The van der Waals surface area contributed by atoms with Gasteiger partial charge < -0.3 is 9.05 Å². The second-order valence-electron chi connectivity index (χ2n) is 5.29. The maximum Gasteiger partial charge on any atom is 0.335 e. The van der Waals surface area contributed by atoms with Crippen LogP contribution < -0.4 is 0 Å². The van der Waals surface area contributed by atoms with Crippen LogP contribution >= 0.6 is 7.60 Å². The van der Waals surface area contributed by atoms with Crippen LogP contribution in [0.15, 0.2) is 59.7 Å². The zero-order chi connectivity index (χ0) is 17.4. The van der Waals surface area contributed by atoms with E-state index < -0.39 is 7.60 Å². The molecule has 1 atom stereocenters. The highest BCUT2D eigenvalue weighted by molar-refractivity contribution is 7.53. The van der Waals surface area contributed by atoms with Gasteiger partial charge in [-0.1, -0.05) is 54.6 Å². The lowest BCUT2D eigenvalue weighted by Crippen LogP contribution is -2.00. The number of benzene rings is 2. The molecule has 1 unspecified atom stereocenters. The minimum absolute atomic E-state index is 0.239. The molecule has 0 heterocycles. The number of hydrogen-bond acceptors (Lipinski definition) is 5. The predicted octanol–water partition coefficient (Wildman–Crippen LogP) is 5.57. The standard InChI is InChI=1S/C18H23N2O3P/c1-3-22-24(21,23-4-2)14-15-10-12-17(13-11-15)18(20-19)16-8-6-5-7-9-16/h5-13,18-19H,3-4,14H2,1-2H3. The number of rotatable bonds is 9. The summed E-state index contributed by atoms with van der Waals surface area (Å²) in [7, 11) is -3.11. The highest BCUT2D eigenvalue weighted by Crippen LogP contribution is 2.51. The van der Waals surface area contributed by atoms with Gasteiger partial charge in [-0.2, -0.15) is 5.11 Å². The van der Waals surface area contributed by atoms with Gasteiger partial charge >= 0.3 is 7.60 Å². The molecule has 24 heavy (non-hydrogen) atoms. The minimum Gasteiger partial charge on any atom is -0.309 e. The van der Waals surface area contributed by atoms with Crippen LogP contribution in [0.1, 0.15) is 36.6 Å². The van der Waals surface area contributed by atoms with Crippen molar-refractivity contribution < 1.29 is 13.6 Å². The molecule has 0 amide bonds. The van der Waals surface area contributed by atoms with Crippen LogP contribution in [0.25, 0.3) is 0 Å². The second kappa shape index (κ2) is 8.88. The van der Waals surface area contributed by atoms with E-state index in [-0.39, 0.29) is 12.2 Å². The van der Waals surface area contributed by atoms with Gasteiger partial charge in [0.25, 0.3) is 0 Å². The summed E-state index contributed by atoms with van der Waals surface area (Å²) in [6.45, 7) is 4.30. The first kappa shape index (κ1) is 18.5. The molecule has 5 nitrogen and oxygen atoms in total. The maximum absolute atomic E-state index is 12.6. The first-order chi connectivity index (χ1) is 11.6. The average Bonchev–Trinajstić information content (AvgIpc) is 2.58. The van der Waals surface area contributed by atoms with Gasteiger partial charge in [-0.3, -0.25) is 4.57 Å². The Morgan fingerprint density at radius 3 is 2.00 bits per heavy atom. The van der Waals surface area contributed by atoms with E-state index in [2.05, 4.69) is 5.11 Å². The van der Waals surface area contributed by atoms with Crippen LogP contribution in [-0.4, -0.2) is 13.2 Å². The van der Waals surface area contributed by atoms with Crippen molar-refractivity contribution in [1.29, 1.82) is 5.53 Å². The molecule has 2 aromatic rings. The molecule has 2 rings (SSSR count). The highest BCUT2D eigenvalue weighted by Gasteiger charge is 2.24. The van der Waals surface area contributed by atoms with Gasteiger partial charge in [0, 0.05) is 0 Å². The minimum atomic E-state index is -3.11. The first-order valence-electron chi connectivity index (χ1n) is 8.00. The van der Waals surface area contributed by atoms with E-state index in [1.807, 2.05) is 54.6 Å². The molecule has 0 aliphatic heterocycles. The SMILES string of the molecule is CCOP(=O)(Cc1ccc(C(N=N)c2ccccc2)cc1)OCC. The monoisotopic (exact) mass is 346 g/mol. The van der Waals surface area contributed by atoms with E-state index in [4.69, 9.17) is 14.6 Å². The van der Waals surface area contributed by atoms with Crippen molar-refractivity contribution in [3.63, 3.8) is 0 Å². The van der Waals surface area contributed by atoms with E-state index in [1.54, 1.807) is 13.8 Å². The van der Waals surface area contributed by atoms with E-state index in [0.717, 1.165) is 16.7 Å². The van der Waals surface area contributed by atoms with E-state index in [9.17, 15) is 4.57 Å². The van der Waals surface area contributed by atoms with Crippen molar-refractivity contribution in [1.82, 2.24) is 0 Å². The van der Waals surface area contributed by atoms with Crippen LogP contribution in [0.5, 0.6) is 0 Å². The number of nitrogens with zero attached hydrogens (tertiary/aromatic N) is 1. The molecule has 0 bridgehead atoms. The van der Waals surface area contributed by atoms with Crippen molar-refractivity contribution in [3.05, 3.63) is 71.3 Å². The maximum atomic E-state index is 12.6. The Morgan fingerprint density at radius 2 is 1.50 bits per heavy atom. The van der Waals surface area contributed by atoms with Gasteiger partial charge in [-0.15, -0.1) is 0 Å². The molecular weight excluding hydrogens is 323 g/mol. The van der Waals surface area contributed by atoms with Crippen LogP contribution in [0.2, 0.25) is 0 Å². The molecule has 2 aromatic carbocycles. The Hall–Kier alpha value is -1.81. The van der Waals surface area contributed by atoms with Crippen molar-refractivity contribution in [2.45, 2.75) is 26.1 Å². The highest BCUT2D eigenvalue weighted by atomic mass is 31.2. The molecule has 0 fully saturated rings. The summed E-state index contributed by atoms with van der Waals surface area (Å²) in [6.07, 6.45) is 0.239. The summed E-state index contributed by atoms with van der Waals surface area (Å²) in [5, 5.41) is 3.74. The topological polar surface area (TPSA) is 71.7 Å². The fourth-order valence-electron chi connectivity index (χ4n) is 2.53. The molecule has 0 radical (unpaired) electrons. The predicted molar refractivity (Wildman–Crippen MR) is 94.4 cm³/mol. The lowest BCUT2D eigenvalue weighted by molar-refractivity contribution is 0.219. The van der Waals surface area contributed by atoms with E-state index >= 15 is 0 Å². The van der Waals surface area contributed by atoms with E-state index in [1.165, 1.54) is 0 Å². The van der Waals surface area contributed by atoms with Crippen molar-refractivity contribution >= 4 is 7.60 Å². The smallest absolute Gasteiger partial charge is 0.309 e. The van der Waals surface area contributed by atoms with Crippen molar-refractivity contribution in [3.8, 4) is 0 Å². The third-order valence-electron chi connectivity index (χ3n) is 3.57. The fraction of sp³-hybridized carbons (Fsp3) is 0.333. The molecule has 6 heteroatoms. The van der Waals surface area contributed by atoms with Crippen molar-refractivity contribution in [2.75, 3.05) is 13.2 Å². The molecule has 0 aliphatic rings. The van der Waals surface area contributed by atoms with E-state index in [0.29, 0.717) is 13.2 Å². The average molecular weight is 346 g/mol. The lowest BCUT2D eigenvalue weighted by Gasteiger charge is -2.17. The summed E-state index contributed by atoms with van der Waals surface area (Å²) < 4.78 is 23.2. The molecular formula is C18H23N2O3P. The lowest BCUT2D eigenvalue weighted by atomic mass is 9.99. The van der Waals surface area contributed by atoms with Gasteiger partial charge in [0.1, 0.15) is 6.04 Å². The largest absolute Gasteiger partial charge is 0.335 e. The zero-order valence-electron chi connectivity index (χ0n) is 14.0. The number of hydrogen-bond donors (Lipinski definition) is 1. The summed E-state index contributed by atoms with van der Waals surface area (Å²) >= 11 is 0. The first-order valence-corrected chi connectivity index (χ1v) is 9.73. The summed E-state index contributed by atoms with van der Waals surface area (Å²) in [4.78, 5) is 0. The summed E-state index contributed by atoms with van der Waals surface area (Å²) in [5.41, 5.74) is 10.2. The van der Waals surface area contributed by atoms with Gasteiger partial charge in [-0.05, 0) is 30.5 Å². The Kier molecular flexibility index (Phi) is 6.85. The molecule has 0 aromatic heterocycles. The fourth-order valence-corrected chi connectivity index (χ4v) is 4.23. The number of nitrogens with one attached hydrogen (secondary N) is 1. The van der Waals surface area contributed by atoms with Crippen molar-refractivity contribution in [2.24, 2.45) is 5.11 Å². The van der Waals surface area contributed by atoms with Crippen LogP contribution in [0.4, 0.5) is 0 Å². The normalized spacial score (nSPS) is 12.8.